The molecule has 0 aromatic heterocycles. The van der Waals surface area contributed by atoms with E-state index in [1.807, 2.05) is 54.7 Å². The van der Waals surface area contributed by atoms with Gasteiger partial charge in [-0.2, -0.15) is 0 Å². The van der Waals surface area contributed by atoms with Gasteiger partial charge in [0, 0.05) is 19.3 Å². The van der Waals surface area contributed by atoms with Gasteiger partial charge in [-0.15, -0.1) is 0 Å². The van der Waals surface area contributed by atoms with E-state index in [1.165, 1.54) is 57.8 Å². The lowest BCUT2D eigenvalue weighted by Crippen LogP contribution is -2.30. The first-order valence-corrected chi connectivity index (χ1v) is 23.0. The van der Waals surface area contributed by atoms with Gasteiger partial charge in [0.05, 0.1) is 0 Å². The van der Waals surface area contributed by atoms with Crippen LogP contribution in [0.1, 0.15) is 181 Å². The summed E-state index contributed by atoms with van der Waals surface area (Å²) in [6.07, 6.45) is 60.8. The van der Waals surface area contributed by atoms with Gasteiger partial charge >= 0.3 is 17.9 Å². The van der Waals surface area contributed by atoms with Crippen molar-refractivity contribution in [2.75, 3.05) is 13.2 Å². The van der Waals surface area contributed by atoms with Crippen molar-refractivity contribution in [3.63, 3.8) is 0 Å². The van der Waals surface area contributed by atoms with Crippen LogP contribution in [0.3, 0.4) is 0 Å². The number of ether oxygens (including phenoxy) is 3. The van der Waals surface area contributed by atoms with Crippen LogP contribution in [0.5, 0.6) is 0 Å². The lowest BCUT2D eigenvalue weighted by molar-refractivity contribution is -0.167. The molecule has 0 saturated heterocycles. The van der Waals surface area contributed by atoms with Crippen LogP contribution in [-0.2, 0) is 28.6 Å². The molecule has 0 aliphatic heterocycles. The van der Waals surface area contributed by atoms with Crippen LogP contribution >= 0.6 is 0 Å². The Kier molecular flexibility index (Phi) is 42.7. The molecule has 6 heteroatoms. The maximum atomic E-state index is 12.7. The van der Waals surface area contributed by atoms with E-state index >= 15 is 0 Å². The molecule has 326 valence electrons. The van der Waals surface area contributed by atoms with Crippen molar-refractivity contribution < 1.29 is 28.6 Å². The highest BCUT2D eigenvalue weighted by atomic mass is 16.6. The molecule has 0 rings (SSSR count). The molecule has 0 bridgehead atoms. The van der Waals surface area contributed by atoms with Gasteiger partial charge in [0.2, 0.25) is 0 Å². The van der Waals surface area contributed by atoms with Crippen LogP contribution in [0.15, 0.2) is 109 Å². The third kappa shape index (κ3) is 43.2. The van der Waals surface area contributed by atoms with Crippen molar-refractivity contribution >= 4 is 17.9 Å². The molecule has 58 heavy (non-hydrogen) atoms. The van der Waals surface area contributed by atoms with Crippen LogP contribution in [0, 0.1) is 0 Å². The second-order valence-electron chi connectivity index (χ2n) is 14.8. The number of hydrogen-bond donors (Lipinski definition) is 0. The van der Waals surface area contributed by atoms with Crippen molar-refractivity contribution in [1.82, 2.24) is 0 Å². The summed E-state index contributed by atoms with van der Waals surface area (Å²) in [5.74, 6) is -1.03. The molecule has 0 aliphatic carbocycles. The van der Waals surface area contributed by atoms with Gasteiger partial charge in [-0.3, -0.25) is 14.4 Å². The summed E-state index contributed by atoms with van der Waals surface area (Å²) in [7, 11) is 0. The van der Waals surface area contributed by atoms with E-state index in [0.29, 0.717) is 19.3 Å². The Labute approximate surface area is 355 Å². The number of hydrogen-bond acceptors (Lipinski definition) is 6. The van der Waals surface area contributed by atoms with Crippen LogP contribution in [0.2, 0.25) is 0 Å². The highest BCUT2D eigenvalue weighted by Crippen LogP contribution is 2.12. The van der Waals surface area contributed by atoms with E-state index in [0.717, 1.165) is 77.0 Å². The SMILES string of the molecule is CC\C=C/C=C\C=C/C=C\C=C/CCCC(=O)OC(COC(=O)CCCCCCC\C=C/C=C\C=C/C=C\CCCCC)COC(=O)CCCCCCCCCCC. The Balaban J connectivity index is 4.52. The van der Waals surface area contributed by atoms with E-state index < -0.39 is 12.1 Å². The predicted octanol–water partition coefficient (Wildman–Crippen LogP) is 14.8. The number of rotatable bonds is 39. The van der Waals surface area contributed by atoms with E-state index in [2.05, 4.69) is 75.5 Å². The van der Waals surface area contributed by atoms with E-state index in [9.17, 15) is 14.4 Å². The Bertz CT molecular complexity index is 1240. The monoisotopic (exact) mass is 803 g/mol. The summed E-state index contributed by atoms with van der Waals surface area (Å²) >= 11 is 0. The third-order valence-corrected chi connectivity index (χ3v) is 9.23. The molecule has 0 aromatic carbocycles. The standard InChI is InChI=1S/C52H82O6/c1-4-7-10-13-16-19-21-23-24-25-26-27-29-30-33-36-39-42-45-51(54)57-48-49(47-56-50(53)44-41-38-35-32-18-15-12-9-6-3)58-52(55)46-43-40-37-34-31-28-22-20-17-14-11-8-5-2/h8,11,14,16-17,19-28,31,34,37,49H,4-7,9-10,12-13,15,18,29-30,32-33,35-36,38-48H2,1-3H3/b11-8-,17-14-,19-16-,22-20-,23-21-,25-24-,27-26-,31-28-,37-34-. The fourth-order valence-corrected chi connectivity index (χ4v) is 5.78. The number of carbonyl (C=O) groups excluding carboxylic acids is 3. The molecule has 0 saturated carbocycles. The molecule has 0 N–H and O–H groups in total. The van der Waals surface area contributed by atoms with Crippen molar-refractivity contribution in [1.29, 1.82) is 0 Å². The molecule has 0 amide bonds. The number of carbonyl (C=O) groups is 3. The largest absolute Gasteiger partial charge is 0.462 e. The third-order valence-electron chi connectivity index (χ3n) is 9.23. The lowest BCUT2D eigenvalue weighted by atomic mass is 10.1. The minimum absolute atomic E-state index is 0.116. The van der Waals surface area contributed by atoms with Gasteiger partial charge in [-0.25, -0.2) is 0 Å². The Morgan fingerprint density at radius 3 is 1.14 bits per heavy atom. The lowest BCUT2D eigenvalue weighted by Gasteiger charge is -2.18. The minimum Gasteiger partial charge on any atom is -0.462 e. The van der Waals surface area contributed by atoms with E-state index in [-0.39, 0.29) is 31.6 Å². The maximum Gasteiger partial charge on any atom is 0.306 e. The first-order valence-electron chi connectivity index (χ1n) is 23.0. The molecular weight excluding hydrogens is 721 g/mol. The highest BCUT2D eigenvalue weighted by molar-refractivity contribution is 5.71. The van der Waals surface area contributed by atoms with E-state index in [1.54, 1.807) is 0 Å². The molecule has 1 atom stereocenters. The molecule has 0 heterocycles. The van der Waals surface area contributed by atoms with Crippen molar-refractivity contribution in [2.45, 2.75) is 187 Å². The zero-order valence-electron chi connectivity index (χ0n) is 37.0. The van der Waals surface area contributed by atoms with Gasteiger partial charge < -0.3 is 14.2 Å². The first kappa shape index (κ1) is 54.1. The quantitative estimate of drug-likeness (QED) is 0.0267. The first-order chi connectivity index (χ1) is 28.5. The Hall–Kier alpha value is -3.93. The summed E-state index contributed by atoms with van der Waals surface area (Å²) in [6, 6.07) is 0. The van der Waals surface area contributed by atoms with Gasteiger partial charge in [-0.05, 0) is 57.8 Å². The molecule has 6 nitrogen and oxygen atoms in total. The number of unbranched alkanes of at least 4 members (excludes halogenated alkanes) is 17. The predicted molar refractivity (Wildman–Crippen MR) is 247 cm³/mol. The molecule has 0 aromatic rings. The fourth-order valence-electron chi connectivity index (χ4n) is 5.78. The van der Waals surface area contributed by atoms with Crippen molar-refractivity contribution in [3.05, 3.63) is 109 Å². The minimum atomic E-state index is -0.823. The summed E-state index contributed by atoms with van der Waals surface area (Å²) in [6.45, 7) is 6.32. The van der Waals surface area contributed by atoms with Gasteiger partial charge in [0.15, 0.2) is 6.10 Å². The normalized spacial score (nSPS) is 13.1. The molecule has 0 radical (unpaired) electrons. The van der Waals surface area contributed by atoms with Crippen LogP contribution in [0.4, 0.5) is 0 Å². The summed E-state index contributed by atoms with van der Waals surface area (Å²) in [5, 5.41) is 0. The average molecular weight is 803 g/mol. The van der Waals surface area contributed by atoms with Crippen LogP contribution < -0.4 is 0 Å². The van der Waals surface area contributed by atoms with Gasteiger partial charge in [-0.1, -0.05) is 214 Å². The topological polar surface area (TPSA) is 78.9 Å². The maximum absolute atomic E-state index is 12.7. The molecule has 0 spiro atoms. The highest BCUT2D eigenvalue weighted by Gasteiger charge is 2.19. The Morgan fingerprint density at radius 2 is 0.690 bits per heavy atom. The zero-order chi connectivity index (χ0) is 42.3. The van der Waals surface area contributed by atoms with Crippen LogP contribution in [-0.4, -0.2) is 37.2 Å². The van der Waals surface area contributed by atoms with Crippen molar-refractivity contribution in [2.24, 2.45) is 0 Å². The number of esters is 3. The average Bonchev–Trinajstić information content (AvgIpc) is 3.22. The Morgan fingerprint density at radius 1 is 0.362 bits per heavy atom. The fraction of sp³-hybridized carbons (Fsp3) is 0.596. The van der Waals surface area contributed by atoms with Crippen molar-refractivity contribution in [3.8, 4) is 0 Å². The summed E-state index contributed by atoms with van der Waals surface area (Å²) < 4.78 is 16.6. The second-order valence-corrected chi connectivity index (χ2v) is 14.8. The smallest absolute Gasteiger partial charge is 0.306 e. The van der Waals surface area contributed by atoms with Gasteiger partial charge in [0.1, 0.15) is 13.2 Å². The second kappa shape index (κ2) is 45.8. The van der Waals surface area contributed by atoms with Crippen LogP contribution in [0.25, 0.3) is 0 Å². The molecule has 0 aliphatic rings. The summed E-state index contributed by atoms with van der Waals surface area (Å²) in [4.78, 5) is 37.7. The summed E-state index contributed by atoms with van der Waals surface area (Å²) in [5.41, 5.74) is 0. The van der Waals surface area contributed by atoms with E-state index in [4.69, 9.17) is 14.2 Å². The van der Waals surface area contributed by atoms with Gasteiger partial charge in [0.25, 0.3) is 0 Å². The molecular formula is C52H82O6. The molecule has 0 fully saturated rings. The zero-order valence-corrected chi connectivity index (χ0v) is 37.0. The number of allylic oxidation sites excluding steroid dienone is 18. The molecule has 1 unspecified atom stereocenters.